The summed E-state index contributed by atoms with van der Waals surface area (Å²) in [4.78, 5) is 12.3. The zero-order chi connectivity index (χ0) is 15.4. The lowest BCUT2D eigenvalue weighted by Crippen LogP contribution is -2.52. The highest BCUT2D eigenvalue weighted by Gasteiger charge is 2.32. The van der Waals surface area contributed by atoms with Crippen LogP contribution < -0.4 is 11.1 Å². The number of amides is 1. The molecule has 4 heteroatoms. The summed E-state index contributed by atoms with van der Waals surface area (Å²) in [5, 5.41) is 2.89. The highest BCUT2D eigenvalue weighted by molar-refractivity contribution is 5.87. The normalized spacial score (nSPS) is 16.3. The second-order valence-corrected chi connectivity index (χ2v) is 6.37. The quantitative estimate of drug-likeness (QED) is 0.866. The van der Waals surface area contributed by atoms with Crippen LogP contribution in [0.25, 0.3) is 0 Å². The molecule has 0 heterocycles. The Kier molecular flexibility index (Phi) is 5.31. The molecule has 0 aromatic heterocycles. The molecule has 1 aromatic carbocycles. The lowest BCUT2D eigenvalue weighted by atomic mass is 9.88. The van der Waals surface area contributed by atoms with Crippen LogP contribution in [-0.4, -0.2) is 25.7 Å². The van der Waals surface area contributed by atoms with E-state index in [1.807, 2.05) is 30.3 Å². The van der Waals surface area contributed by atoms with E-state index in [2.05, 4.69) is 26.1 Å². The van der Waals surface area contributed by atoms with Crippen molar-refractivity contribution in [1.82, 2.24) is 5.32 Å². The number of ether oxygens (including phenoxy) is 1. The van der Waals surface area contributed by atoms with Gasteiger partial charge in [-0.3, -0.25) is 4.79 Å². The summed E-state index contributed by atoms with van der Waals surface area (Å²) in [6, 6.07) is 9.37. The van der Waals surface area contributed by atoms with Gasteiger partial charge in [-0.15, -0.1) is 0 Å². The van der Waals surface area contributed by atoms with Crippen LogP contribution in [0.5, 0.6) is 0 Å². The zero-order valence-corrected chi connectivity index (χ0v) is 13.1. The Balaban J connectivity index is 2.72. The van der Waals surface area contributed by atoms with Gasteiger partial charge < -0.3 is 15.8 Å². The Morgan fingerprint density at radius 1 is 1.25 bits per heavy atom. The first-order valence-electron chi connectivity index (χ1n) is 6.85. The first-order chi connectivity index (χ1) is 9.19. The third-order valence-corrected chi connectivity index (χ3v) is 3.54. The summed E-state index contributed by atoms with van der Waals surface area (Å²) in [5.74, 6) is -0.199. The fourth-order valence-corrected chi connectivity index (χ4v) is 2.03. The first kappa shape index (κ1) is 16.7. The summed E-state index contributed by atoms with van der Waals surface area (Å²) in [6.45, 7) is 8.39. The standard InChI is InChI=1S/C16H26N2O2/c1-15(2,3)13(20-5)11-18-14(19)16(4,17)12-9-7-6-8-10-12/h6-10,13H,11,17H2,1-5H3,(H,18,19). The number of hydrogen-bond acceptors (Lipinski definition) is 3. The van der Waals surface area contributed by atoms with Crippen LogP contribution in [0.4, 0.5) is 0 Å². The van der Waals surface area contributed by atoms with Gasteiger partial charge in [0.15, 0.2) is 0 Å². The van der Waals surface area contributed by atoms with Crippen molar-refractivity contribution in [2.45, 2.75) is 39.3 Å². The van der Waals surface area contributed by atoms with Crippen LogP contribution in [0, 0.1) is 5.41 Å². The number of nitrogens with two attached hydrogens (primary N) is 1. The lowest BCUT2D eigenvalue weighted by molar-refractivity contribution is -0.127. The van der Waals surface area contributed by atoms with Crippen molar-refractivity contribution in [3.8, 4) is 0 Å². The highest BCUT2D eigenvalue weighted by atomic mass is 16.5. The summed E-state index contributed by atoms with van der Waals surface area (Å²) >= 11 is 0. The molecule has 0 saturated carbocycles. The minimum atomic E-state index is -1.04. The first-order valence-corrected chi connectivity index (χ1v) is 6.85. The fourth-order valence-electron chi connectivity index (χ4n) is 2.03. The minimum absolute atomic E-state index is 0.0419. The van der Waals surface area contributed by atoms with E-state index >= 15 is 0 Å². The third-order valence-electron chi connectivity index (χ3n) is 3.54. The summed E-state index contributed by atoms with van der Waals surface area (Å²) in [5.41, 5.74) is 5.87. The van der Waals surface area contributed by atoms with Crippen LogP contribution in [0.15, 0.2) is 30.3 Å². The van der Waals surface area contributed by atoms with Gasteiger partial charge in [-0.25, -0.2) is 0 Å². The second kappa shape index (κ2) is 6.37. The number of methoxy groups -OCH3 is 1. The molecule has 0 spiro atoms. The highest BCUT2D eigenvalue weighted by Crippen LogP contribution is 2.22. The molecule has 0 aliphatic heterocycles. The zero-order valence-electron chi connectivity index (χ0n) is 13.1. The van der Waals surface area contributed by atoms with E-state index in [1.165, 1.54) is 0 Å². The van der Waals surface area contributed by atoms with E-state index in [9.17, 15) is 4.79 Å². The molecule has 112 valence electrons. The van der Waals surface area contributed by atoms with E-state index in [0.717, 1.165) is 5.56 Å². The molecule has 0 aliphatic rings. The predicted octanol–water partition coefficient (Wildman–Crippen LogP) is 2.04. The van der Waals surface area contributed by atoms with Crippen LogP contribution in [0.1, 0.15) is 33.3 Å². The summed E-state index contributed by atoms with van der Waals surface area (Å²) in [7, 11) is 1.65. The largest absolute Gasteiger partial charge is 0.379 e. The van der Waals surface area contributed by atoms with Gasteiger partial charge in [0.1, 0.15) is 5.54 Å². The van der Waals surface area contributed by atoms with Crippen molar-refractivity contribution in [2.24, 2.45) is 11.1 Å². The maximum atomic E-state index is 12.3. The van der Waals surface area contributed by atoms with Gasteiger partial charge >= 0.3 is 0 Å². The molecule has 0 radical (unpaired) electrons. The van der Waals surface area contributed by atoms with E-state index in [4.69, 9.17) is 10.5 Å². The molecule has 1 aromatic rings. The van der Waals surface area contributed by atoms with Crippen molar-refractivity contribution in [3.63, 3.8) is 0 Å². The number of hydrogen-bond donors (Lipinski definition) is 2. The SMILES string of the molecule is COC(CNC(=O)C(C)(N)c1ccccc1)C(C)(C)C. The van der Waals surface area contributed by atoms with Crippen molar-refractivity contribution >= 4 is 5.91 Å². The number of rotatable bonds is 5. The van der Waals surface area contributed by atoms with Gasteiger partial charge in [-0.05, 0) is 17.9 Å². The topological polar surface area (TPSA) is 64.3 Å². The van der Waals surface area contributed by atoms with E-state index in [1.54, 1.807) is 14.0 Å². The maximum Gasteiger partial charge on any atom is 0.244 e. The molecule has 0 saturated heterocycles. The van der Waals surface area contributed by atoms with Gasteiger partial charge in [-0.1, -0.05) is 51.1 Å². The number of benzene rings is 1. The molecule has 0 aliphatic carbocycles. The number of carbonyl (C=O) groups is 1. The molecule has 0 bridgehead atoms. The maximum absolute atomic E-state index is 12.3. The molecule has 4 nitrogen and oxygen atoms in total. The Morgan fingerprint density at radius 2 is 1.80 bits per heavy atom. The average molecular weight is 278 g/mol. The minimum Gasteiger partial charge on any atom is -0.379 e. The van der Waals surface area contributed by atoms with E-state index < -0.39 is 5.54 Å². The molecule has 20 heavy (non-hydrogen) atoms. The van der Waals surface area contributed by atoms with Crippen LogP contribution in [0.3, 0.4) is 0 Å². The smallest absolute Gasteiger partial charge is 0.244 e. The number of nitrogens with one attached hydrogen (secondary N) is 1. The van der Waals surface area contributed by atoms with Crippen molar-refractivity contribution in [1.29, 1.82) is 0 Å². The third kappa shape index (κ3) is 4.05. The fraction of sp³-hybridized carbons (Fsp3) is 0.562. The summed E-state index contributed by atoms with van der Waals surface area (Å²) in [6.07, 6.45) is -0.0574. The summed E-state index contributed by atoms with van der Waals surface area (Å²) < 4.78 is 5.43. The van der Waals surface area contributed by atoms with Gasteiger partial charge in [0.05, 0.1) is 6.10 Å². The van der Waals surface area contributed by atoms with Crippen LogP contribution in [0.2, 0.25) is 0 Å². The van der Waals surface area contributed by atoms with Crippen LogP contribution >= 0.6 is 0 Å². The Bertz CT molecular complexity index is 436. The lowest BCUT2D eigenvalue weighted by Gasteiger charge is -2.31. The Morgan fingerprint density at radius 3 is 2.25 bits per heavy atom. The molecular formula is C16H26N2O2. The number of carbonyl (C=O) groups excluding carboxylic acids is 1. The van der Waals surface area contributed by atoms with E-state index in [-0.39, 0.29) is 17.4 Å². The van der Waals surface area contributed by atoms with Crippen molar-refractivity contribution < 1.29 is 9.53 Å². The van der Waals surface area contributed by atoms with Gasteiger partial charge in [0.25, 0.3) is 0 Å². The molecule has 1 rings (SSSR count). The molecule has 2 unspecified atom stereocenters. The average Bonchev–Trinajstić information content (AvgIpc) is 2.38. The van der Waals surface area contributed by atoms with E-state index in [0.29, 0.717) is 6.54 Å². The van der Waals surface area contributed by atoms with Crippen LogP contribution in [-0.2, 0) is 15.1 Å². The molecule has 3 N–H and O–H groups in total. The van der Waals surface area contributed by atoms with Gasteiger partial charge in [0, 0.05) is 13.7 Å². The van der Waals surface area contributed by atoms with Crippen molar-refractivity contribution in [3.05, 3.63) is 35.9 Å². The van der Waals surface area contributed by atoms with Gasteiger partial charge in [-0.2, -0.15) is 0 Å². The molecule has 1 amide bonds. The Labute approximate surface area is 121 Å². The predicted molar refractivity (Wildman–Crippen MR) is 81.2 cm³/mol. The van der Waals surface area contributed by atoms with Crippen molar-refractivity contribution in [2.75, 3.05) is 13.7 Å². The molecule has 2 atom stereocenters. The Hall–Kier alpha value is -1.39. The van der Waals surface area contributed by atoms with Gasteiger partial charge in [0.2, 0.25) is 5.91 Å². The monoisotopic (exact) mass is 278 g/mol. The second-order valence-electron chi connectivity index (χ2n) is 6.37. The molecule has 0 fully saturated rings. The molecular weight excluding hydrogens is 252 g/mol.